The molecule has 154 valence electrons. The fourth-order valence-corrected chi connectivity index (χ4v) is 3.93. The Labute approximate surface area is 170 Å². The Morgan fingerprint density at radius 2 is 1.90 bits per heavy atom. The largest absolute Gasteiger partial charge is 0.485 e. The molecule has 0 saturated carbocycles. The molecule has 0 aliphatic carbocycles. The third kappa shape index (κ3) is 3.98. The van der Waals surface area contributed by atoms with E-state index in [1.807, 2.05) is 45.9 Å². The summed E-state index contributed by atoms with van der Waals surface area (Å²) in [7, 11) is 1.67. The zero-order valence-electron chi connectivity index (χ0n) is 17.8. The third-order valence-corrected chi connectivity index (χ3v) is 5.31. The Morgan fingerprint density at radius 1 is 1.17 bits per heavy atom. The lowest BCUT2D eigenvalue weighted by Crippen LogP contribution is -2.16. The van der Waals surface area contributed by atoms with Gasteiger partial charge in [0.05, 0.1) is 12.6 Å². The zero-order valence-corrected chi connectivity index (χ0v) is 17.8. The fourth-order valence-electron chi connectivity index (χ4n) is 3.93. The van der Waals surface area contributed by atoms with Crippen LogP contribution in [0.25, 0.3) is 11.0 Å². The summed E-state index contributed by atoms with van der Waals surface area (Å²) in [5.41, 5.74) is 4.20. The van der Waals surface area contributed by atoms with Gasteiger partial charge in [-0.05, 0) is 58.4 Å². The molecule has 0 fully saturated rings. The molecule has 6 heteroatoms. The van der Waals surface area contributed by atoms with Crippen LogP contribution in [-0.2, 0) is 4.74 Å². The van der Waals surface area contributed by atoms with Crippen LogP contribution in [0, 0.1) is 27.7 Å². The number of benzene rings is 1. The Hall–Kier alpha value is -2.86. The second-order valence-corrected chi connectivity index (χ2v) is 7.48. The van der Waals surface area contributed by atoms with Crippen LogP contribution in [0.2, 0.25) is 0 Å². The molecule has 2 aromatic heterocycles. The van der Waals surface area contributed by atoms with Gasteiger partial charge in [0, 0.05) is 41.1 Å². The molecule has 3 rings (SSSR count). The van der Waals surface area contributed by atoms with E-state index in [1.54, 1.807) is 7.11 Å². The first-order valence-electron chi connectivity index (χ1n) is 9.62. The van der Waals surface area contributed by atoms with Gasteiger partial charge in [-0.2, -0.15) is 0 Å². The maximum Gasteiger partial charge on any atom is 0.336 e. The van der Waals surface area contributed by atoms with Gasteiger partial charge in [0.15, 0.2) is 6.61 Å². The van der Waals surface area contributed by atoms with Gasteiger partial charge in [0.2, 0.25) is 5.78 Å². The van der Waals surface area contributed by atoms with Gasteiger partial charge in [-0.15, -0.1) is 0 Å². The van der Waals surface area contributed by atoms with Crippen molar-refractivity contribution in [3.8, 4) is 5.75 Å². The summed E-state index contributed by atoms with van der Waals surface area (Å²) < 4.78 is 18.5. The highest BCUT2D eigenvalue weighted by Crippen LogP contribution is 2.28. The summed E-state index contributed by atoms with van der Waals surface area (Å²) in [4.78, 5) is 24.5. The molecule has 0 amide bonds. The molecular formula is C23H27NO5. The Balaban J connectivity index is 1.84. The first kappa shape index (κ1) is 20.9. The zero-order chi connectivity index (χ0) is 21.3. The number of hydrogen-bond acceptors (Lipinski definition) is 5. The minimum Gasteiger partial charge on any atom is -0.485 e. The molecule has 0 saturated heterocycles. The average molecular weight is 397 g/mol. The number of rotatable bonds is 7. The van der Waals surface area contributed by atoms with Crippen molar-refractivity contribution in [1.29, 1.82) is 0 Å². The number of carbonyl (C=O) groups is 1. The summed E-state index contributed by atoms with van der Waals surface area (Å²) in [6.07, 6.45) is 0. The summed E-state index contributed by atoms with van der Waals surface area (Å²) >= 11 is 0. The summed E-state index contributed by atoms with van der Waals surface area (Å²) in [6.45, 7) is 10.1. The predicted octanol–water partition coefficient (Wildman–Crippen LogP) is 4.30. The van der Waals surface area contributed by atoms with Gasteiger partial charge < -0.3 is 18.5 Å². The van der Waals surface area contributed by atoms with E-state index in [-0.39, 0.29) is 18.4 Å². The number of Topliss-reactive ketones (excluding diaryl/α,β-unsaturated/α-hetero) is 1. The molecule has 0 aliphatic rings. The maximum absolute atomic E-state index is 12.8. The lowest BCUT2D eigenvalue weighted by Gasteiger charge is -2.17. The molecule has 2 heterocycles. The molecule has 0 spiro atoms. The van der Waals surface area contributed by atoms with Gasteiger partial charge in [-0.3, -0.25) is 4.79 Å². The van der Waals surface area contributed by atoms with E-state index in [2.05, 4.69) is 11.5 Å². The Morgan fingerprint density at radius 3 is 2.59 bits per heavy atom. The highest BCUT2D eigenvalue weighted by Gasteiger charge is 2.20. The summed E-state index contributed by atoms with van der Waals surface area (Å²) in [5, 5.41) is 0.858. The standard InChI is InChI=1S/C23H27NO5/c1-13-9-22(26)29-23-16(4)21(8-7-18(13)23)28-12-20(25)19-10-14(2)24(17(19)5)15(3)11-27-6/h7-10,15H,11-12H2,1-6H3/t15-/m1/s1. The smallest absolute Gasteiger partial charge is 0.336 e. The number of hydrogen-bond donors (Lipinski definition) is 0. The Kier molecular flexibility index (Phi) is 5.94. The lowest BCUT2D eigenvalue weighted by atomic mass is 10.1. The molecule has 0 radical (unpaired) electrons. The minimum atomic E-state index is -0.399. The third-order valence-electron chi connectivity index (χ3n) is 5.31. The molecule has 6 nitrogen and oxygen atoms in total. The monoisotopic (exact) mass is 397 g/mol. The van der Waals surface area contributed by atoms with Crippen LogP contribution in [0.4, 0.5) is 0 Å². The van der Waals surface area contributed by atoms with Gasteiger partial charge in [0.25, 0.3) is 0 Å². The van der Waals surface area contributed by atoms with Crippen LogP contribution in [0.5, 0.6) is 5.75 Å². The highest BCUT2D eigenvalue weighted by molar-refractivity contribution is 5.98. The van der Waals surface area contributed by atoms with E-state index < -0.39 is 5.63 Å². The number of ketones is 1. The van der Waals surface area contributed by atoms with Crippen LogP contribution in [0.15, 0.2) is 33.5 Å². The number of aryl methyl sites for hydroxylation is 3. The molecule has 0 unspecified atom stereocenters. The van der Waals surface area contributed by atoms with Crippen LogP contribution in [0.3, 0.4) is 0 Å². The SMILES string of the molecule is COC[C@@H](C)n1c(C)cc(C(=O)COc2ccc3c(C)cc(=O)oc3c2C)c1C. The van der Waals surface area contributed by atoms with E-state index in [0.29, 0.717) is 29.1 Å². The number of aromatic nitrogens is 1. The van der Waals surface area contributed by atoms with Crippen LogP contribution < -0.4 is 10.4 Å². The van der Waals surface area contributed by atoms with E-state index >= 15 is 0 Å². The van der Waals surface area contributed by atoms with Crippen molar-refractivity contribution in [1.82, 2.24) is 4.57 Å². The van der Waals surface area contributed by atoms with Gasteiger partial charge >= 0.3 is 5.63 Å². The van der Waals surface area contributed by atoms with Gasteiger partial charge in [-0.1, -0.05) is 0 Å². The lowest BCUT2D eigenvalue weighted by molar-refractivity contribution is 0.0920. The molecule has 0 bridgehead atoms. The number of fused-ring (bicyclic) bond motifs is 1. The van der Waals surface area contributed by atoms with Gasteiger partial charge in [0.1, 0.15) is 11.3 Å². The summed E-state index contributed by atoms with van der Waals surface area (Å²) in [5.74, 6) is 0.431. The van der Waals surface area contributed by atoms with Crippen molar-refractivity contribution in [3.63, 3.8) is 0 Å². The van der Waals surface area contributed by atoms with E-state index in [1.165, 1.54) is 6.07 Å². The van der Waals surface area contributed by atoms with Crippen molar-refractivity contribution in [3.05, 3.63) is 62.8 Å². The van der Waals surface area contributed by atoms with E-state index in [0.717, 1.165) is 22.3 Å². The van der Waals surface area contributed by atoms with Crippen molar-refractivity contribution in [2.75, 3.05) is 20.3 Å². The first-order chi connectivity index (χ1) is 13.7. The fraction of sp³-hybridized carbons (Fsp3) is 0.391. The predicted molar refractivity (Wildman–Crippen MR) is 112 cm³/mol. The first-order valence-corrected chi connectivity index (χ1v) is 9.62. The Bertz CT molecular complexity index is 1120. The molecule has 0 aliphatic heterocycles. The quantitative estimate of drug-likeness (QED) is 0.439. The van der Waals surface area contributed by atoms with Crippen molar-refractivity contribution < 1.29 is 18.7 Å². The number of carbonyl (C=O) groups excluding carboxylic acids is 1. The van der Waals surface area contributed by atoms with E-state index in [4.69, 9.17) is 13.9 Å². The number of ether oxygens (including phenoxy) is 2. The van der Waals surface area contributed by atoms with Crippen LogP contribution in [0.1, 0.15) is 45.8 Å². The van der Waals surface area contributed by atoms with Crippen molar-refractivity contribution >= 4 is 16.8 Å². The van der Waals surface area contributed by atoms with Crippen LogP contribution in [-0.4, -0.2) is 30.7 Å². The number of nitrogens with zero attached hydrogens (tertiary/aromatic N) is 1. The number of methoxy groups -OCH3 is 1. The van der Waals surface area contributed by atoms with Gasteiger partial charge in [-0.25, -0.2) is 4.79 Å². The molecule has 1 aromatic carbocycles. The van der Waals surface area contributed by atoms with Crippen molar-refractivity contribution in [2.45, 2.75) is 40.7 Å². The van der Waals surface area contributed by atoms with Crippen molar-refractivity contribution in [2.24, 2.45) is 0 Å². The topological polar surface area (TPSA) is 70.7 Å². The van der Waals surface area contributed by atoms with Crippen LogP contribution >= 0.6 is 0 Å². The molecule has 29 heavy (non-hydrogen) atoms. The molecule has 3 aromatic rings. The average Bonchev–Trinajstić information content (AvgIpc) is 2.96. The normalized spacial score (nSPS) is 12.3. The second-order valence-electron chi connectivity index (χ2n) is 7.48. The summed E-state index contributed by atoms with van der Waals surface area (Å²) in [6, 6.07) is 7.15. The van der Waals surface area contributed by atoms with E-state index in [9.17, 15) is 9.59 Å². The minimum absolute atomic E-state index is 0.0919. The molecular weight excluding hydrogens is 370 g/mol. The second kappa shape index (κ2) is 8.25. The maximum atomic E-state index is 12.8. The molecule has 1 atom stereocenters. The highest BCUT2D eigenvalue weighted by atomic mass is 16.5. The molecule has 0 N–H and O–H groups in total.